The molecule has 1 aromatic rings. The molecule has 1 unspecified atom stereocenters. The average molecular weight is 299 g/mol. The van der Waals surface area contributed by atoms with Gasteiger partial charge in [-0.15, -0.1) is 12.4 Å². The fourth-order valence-corrected chi connectivity index (χ4v) is 1.98. The summed E-state index contributed by atoms with van der Waals surface area (Å²) in [4.78, 5) is 11.8. The van der Waals surface area contributed by atoms with Crippen LogP contribution in [0.1, 0.15) is 31.7 Å². The predicted molar refractivity (Wildman–Crippen MR) is 82.3 cm³/mol. The van der Waals surface area contributed by atoms with Crippen molar-refractivity contribution in [1.82, 2.24) is 5.32 Å². The van der Waals surface area contributed by atoms with Crippen molar-refractivity contribution in [3.63, 3.8) is 0 Å². The Kier molecular flexibility index (Phi) is 5.84. The Balaban J connectivity index is 0.00000200. The number of nitrogens with two attached hydrogens (primary N) is 1. The molecule has 0 aliphatic heterocycles. The van der Waals surface area contributed by atoms with Crippen LogP contribution in [-0.2, 0) is 11.2 Å². The molecule has 5 heteroatoms. The smallest absolute Gasteiger partial charge is 0.240 e. The monoisotopic (exact) mass is 298 g/mol. The van der Waals surface area contributed by atoms with Crippen molar-refractivity contribution in [3.05, 3.63) is 29.8 Å². The minimum atomic E-state index is -0.575. The Labute approximate surface area is 126 Å². The summed E-state index contributed by atoms with van der Waals surface area (Å²) in [6.07, 6.45) is 3.46. The fourth-order valence-electron chi connectivity index (χ4n) is 1.98. The van der Waals surface area contributed by atoms with E-state index in [2.05, 4.69) is 17.4 Å². The Bertz CT molecular complexity index is 444. The first-order valence-corrected chi connectivity index (χ1v) is 6.76. The number of ether oxygens (including phenoxy) is 1. The third-order valence-electron chi connectivity index (χ3n) is 3.64. The van der Waals surface area contributed by atoms with Gasteiger partial charge in [0.05, 0.1) is 12.6 Å². The minimum absolute atomic E-state index is 0. The van der Waals surface area contributed by atoms with Gasteiger partial charge in [0.25, 0.3) is 0 Å². The molecule has 0 aromatic heterocycles. The molecule has 0 saturated heterocycles. The van der Waals surface area contributed by atoms with Crippen LogP contribution < -0.4 is 15.8 Å². The molecule has 1 amide bonds. The first-order chi connectivity index (χ1) is 9.03. The summed E-state index contributed by atoms with van der Waals surface area (Å²) < 4.78 is 5.12. The van der Waals surface area contributed by atoms with Crippen molar-refractivity contribution in [2.75, 3.05) is 7.11 Å². The van der Waals surface area contributed by atoms with Gasteiger partial charge in [-0.2, -0.15) is 0 Å². The summed E-state index contributed by atoms with van der Waals surface area (Å²) in [5.41, 5.74) is 6.52. The van der Waals surface area contributed by atoms with Gasteiger partial charge in [-0.05, 0) is 50.3 Å². The van der Waals surface area contributed by atoms with Crippen LogP contribution >= 0.6 is 12.4 Å². The lowest BCUT2D eigenvalue weighted by Crippen LogP contribution is -2.46. The molecule has 2 rings (SSSR count). The first-order valence-electron chi connectivity index (χ1n) is 6.76. The molecule has 0 radical (unpaired) electrons. The third kappa shape index (κ3) is 4.39. The van der Waals surface area contributed by atoms with E-state index in [0.29, 0.717) is 0 Å². The van der Waals surface area contributed by atoms with Crippen LogP contribution in [0.5, 0.6) is 5.75 Å². The van der Waals surface area contributed by atoms with E-state index in [1.54, 1.807) is 7.11 Å². The van der Waals surface area contributed by atoms with Crippen molar-refractivity contribution < 1.29 is 9.53 Å². The standard InChI is InChI=1S/C15H22N2O2.ClH/c1-11(17-14(18)15(16)9-10-15)3-4-12-5-7-13(19-2)8-6-12;/h5-8,11H,3-4,9-10,16H2,1-2H3,(H,17,18);1H. The van der Waals surface area contributed by atoms with Gasteiger partial charge in [-0.3, -0.25) is 4.79 Å². The van der Waals surface area contributed by atoms with E-state index in [1.165, 1.54) is 5.56 Å². The van der Waals surface area contributed by atoms with Crippen LogP contribution in [0.2, 0.25) is 0 Å². The molecule has 1 atom stereocenters. The zero-order valence-electron chi connectivity index (χ0n) is 12.0. The maximum Gasteiger partial charge on any atom is 0.240 e. The lowest BCUT2D eigenvalue weighted by Gasteiger charge is -2.16. The molecule has 1 aliphatic carbocycles. The van der Waals surface area contributed by atoms with Crippen molar-refractivity contribution in [2.45, 2.75) is 44.2 Å². The normalized spacial score (nSPS) is 16.8. The molecule has 1 fully saturated rings. The van der Waals surface area contributed by atoms with E-state index < -0.39 is 5.54 Å². The molecular weight excluding hydrogens is 276 g/mol. The minimum Gasteiger partial charge on any atom is -0.497 e. The summed E-state index contributed by atoms with van der Waals surface area (Å²) in [6.45, 7) is 2.02. The molecule has 112 valence electrons. The van der Waals surface area contributed by atoms with E-state index in [-0.39, 0.29) is 24.4 Å². The number of carbonyl (C=O) groups is 1. The topological polar surface area (TPSA) is 64.3 Å². The number of halogens is 1. The highest BCUT2D eigenvalue weighted by molar-refractivity contribution is 5.89. The SMILES string of the molecule is COc1ccc(CCC(C)NC(=O)C2(N)CC2)cc1.Cl. The van der Waals surface area contributed by atoms with Crippen LogP contribution in [0.15, 0.2) is 24.3 Å². The number of benzene rings is 1. The quantitative estimate of drug-likeness (QED) is 0.845. The number of rotatable bonds is 6. The van der Waals surface area contributed by atoms with Crippen molar-refractivity contribution in [1.29, 1.82) is 0 Å². The van der Waals surface area contributed by atoms with Gasteiger partial charge in [0.15, 0.2) is 0 Å². The number of carbonyl (C=O) groups excluding carboxylic acids is 1. The van der Waals surface area contributed by atoms with Crippen LogP contribution in [0.3, 0.4) is 0 Å². The van der Waals surface area contributed by atoms with Gasteiger partial charge in [0, 0.05) is 6.04 Å². The maximum atomic E-state index is 11.8. The Morgan fingerprint density at radius 3 is 2.50 bits per heavy atom. The summed E-state index contributed by atoms with van der Waals surface area (Å²) in [5.74, 6) is 0.860. The number of hydrogen-bond acceptors (Lipinski definition) is 3. The third-order valence-corrected chi connectivity index (χ3v) is 3.64. The van der Waals surface area contributed by atoms with E-state index in [9.17, 15) is 4.79 Å². The summed E-state index contributed by atoms with van der Waals surface area (Å²) in [6, 6.07) is 8.17. The second-order valence-electron chi connectivity index (χ2n) is 5.42. The van der Waals surface area contributed by atoms with Gasteiger partial charge in [0.1, 0.15) is 5.75 Å². The van der Waals surface area contributed by atoms with E-state index in [1.807, 2.05) is 19.1 Å². The molecular formula is C15H23ClN2O2. The van der Waals surface area contributed by atoms with Gasteiger partial charge in [-0.1, -0.05) is 12.1 Å². The highest BCUT2D eigenvalue weighted by atomic mass is 35.5. The van der Waals surface area contributed by atoms with Gasteiger partial charge in [-0.25, -0.2) is 0 Å². The van der Waals surface area contributed by atoms with Crippen LogP contribution in [0, 0.1) is 0 Å². The highest BCUT2D eigenvalue weighted by Crippen LogP contribution is 2.32. The fraction of sp³-hybridized carbons (Fsp3) is 0.533. The molecule has 3 N–H and O–H groups in total. The number of methoxy groups -OCH3 is 1. The number of nitrogens with one attached hydrogen (secondary N) is 1. The average Bonchev–Trinajstić information content (AvgIpc) is 3.16. The lowest BCUT2D eigenvalue weighted by atomic mass is 10.1. The van der Waals surface area contributed by atoms with Crippen molar-refractivity contribution >= 4 is 18.3 Å². The van der Waals surface area contributed by atoms with Crippen LogP contribution in [-0.4, -0.2) is 24.6 Å². The molecule has 0 spiro atoms. The van der Waals surface area contributed by atoms with Gasteiger partial charge < -0.3 is 15.8 Å². The molecule has 4 nitrogen and oxygen atoms in total. The van der Waals surface area contributed by atoms with E-state index in [4.69, 9.17) is 10.5 Å². The van der Waals surface area contributed by atoms with Gasteiger partial charge >= 0.3 is 0 Å². The second-order valence-corrected chi connectivity index (χ2v) is 5.42. The Morgan fingerprint density at radius 1 is 1.40 bits per heavy atom. The van der Waals surface area contributed by atoms with Crippen LogP contribution in [0.25, 0.3) is 0 Å². The number of hydrogen-bond donors (Lipinski definition) is 2. The van der Waals surface area contributed by atoms with Crippen molar-refractivity contribution in [3.8, 4) is 5.75 Å². The van der Waals surface area contributed by atoms with E-state index in [0.717, 1.165) is 31.4 Å². The number of aryl methyl sites for hydroxylation is 1. The Morgan fingerprint density at radius 2 is 2.00 bits per heavy atom. The second kappa shape index (κ2) is 6.95. The summed E-state index contributed by atoms with van der Waals surface area (Å²) in [7, 11) is 1.66. The molecule has 1 aliphatic rings. The molecule has 0 heterocycles. The molecule has 0 bridgehead atoms. The number of amides is 1. The molecule has 1 saturated carbocycles. The van der Waals surface area contributed by atoms with E-state index >= 15 is 0 Å². The van der Waals surface area contributed by atoms with Gasteiger partial charge in [0.2, 0.25) is 5.91 Å². The zero-order valence-corrected chi connectivity index (χ0v) is 12.8. The zero-order chi connectivity index (χ0) is 13.9. The maximum absolute atomic E-state index is 11.8. The summed E-state index contributed by atoms with van der Waals surface area (Å²) >= 11 is 0. The van der Waals surface area contributed by atoms with Crippen LogP contribution in [0.4, 0.5) is 0 Å². The molecule has 20 heavy (non-hydrogen) atoms. The Hall–Kier alpha value is -1.26. The highest BCUT2D eigenvalue weighted by Gasteiger charge is 2.46. The first kappa shape index (κ1) is 16.8. The summed E-state index contributed by atoms with van der Waals surface area (Å²) in [5, 5.41) is 2.99. The van der Waals surface area contributed by atoms with Crippen molar-refractivity contribution in [2.24, 2.45) is 5.73 Å². The molecule has 1 aromatic carbocycles. The lowest BCUT2D eigenvalue weighted by molar-refractivity contribution is -0.123. The predicted octanol–water partition coefficient (Wildman–Crippen LogP) is 2.05. The largest absolute Gasteiger partial charge is 0.497 e.